The fraction of sp³-hybridized carbons (Fsp3) is 0.158. The molecule has 142 valence electrons. The number of hydrogen-bond donors (Lipinski definition) is 2. The minimum absolute atomic E-state index is 0.135. The van der Waals surface area contributed by atoms with Crippen molar-refractivity contribution >= 4 is 45.4 Å². The van der Waals surface area contributed by atoms with Crippen molar-refractivity contribution in [3.8, 4) is 0 Å². The van der Waals surface area contributed by atoms with Crippen LogP contribution in [0.2, 0.25) is 0 Å². The van der Waals surface area contributed by atoms with Crippen LogP contribution in [0.15, 0.2) is 53.0 Å². The number of amides is 2. The Balaban J connectivity index is 1.95. The summed E-state index contributed by atoms with van der Waals surface area (Å²) in [5.41, 5.74) is 1.21. The van der Waals surface area contributed by atoms with E-state index in [1.165, 1.54) is 25.3 Å². The third kappa shape index (κ3) is 7.20. The number of anilines is 2. The quantitative estimate of drug-likeness (QED) is 0.496. The molecule has 0 aliphatic rings. The van der Waals surface area contributed by atoms with Crippen LogP contribution < -0.4 is 10.6 Å². The van der Waals surface area contributed by atoms with Crippen molar-refractivity contribution in [3.05, 3.63) is 64.4 Å². The second-order valence-electron chi connectivity index (χ2n) is 5.32. The summed E-state index contributed by atoms with van der Waals surface area (Å²) in [5, 5.41) is 5.19. The summed E-state index contributed by atoms with van der Waals surface area (Å²) in [4.78, 5) is 23.6. The van der Waals surface area contributed by atoms with Crippen molar-refractivity contribution in [2.75, 3.05) is 31.0 Å². The van der Waals surface area contributed by atoms with Crippen LogP contribution in [-0.2, 0) is 14.3 Å². The van der Waals surface area contributed by atoms with Gasteiger partial charge in [0.1, 0.15) is 12.4 Å². The van der Waals surface area contributed by atoms with E-state index in [-0.39, 0.29) is 12.2 Å². The Morgan fingerprint density at radius 3 is 2.59 bits per heavy atom. The van der Waals surface area contributed by atoms with E-state index in [2.05, 4.69) is 26.6 Å². The molecule has 6 nitrogen and oxygen atoms in total. The van der Waals surface area contributed by atoms with E-state index in [1.807, 2.05) is 0 Å². The predicted octanol–water partition coefficient (Wildman–Crippen LogP) is 4.44. The van der Waals surface area contributed by atoms with Crippen LogP contribution in [0, 0.1) is 5.82 Å². The van der Waals surface area contributed by atoms with Crippen molar-refractivity contribution in [1.82, 2.24) is 0 Å². The molecule has 0 fully saturated rings. The molecule has 0 radical (unpaired) electrons. The van der Waals surface area contributed by atoms with Gasteiger partial charge >= 0.3 is 6.09 Å². The SMILES string of the molecule is COCCOC(=O)Nc1cccc(NC(=O)/C=C/c2cc(Br)ccc2F)c1. The lowest BCUT2D eigenvalue weighted by molar-refractivity contribution is -0.111. The number of methoxy groups -OCH3 is 1. The third-order valence-electron chi connectivity index (χ3n) is 3.27. The largest absolute Gasteiger partial charge is 0.447 e. The second kappa shape index (κ2) is 10.4. The standard InChI is InChI=1S/C19H18BrFN2O4/c1-26-9-10-27-19(25)23-16-4-2-3-15(12-16)22-18(24)8-5-13-11-14(20)6-7-17(13)21/h2-8,11-12H,9-10H2,1H3,(H,22,24)(H,23,25)/b8-5+. The molecule has 0 heterocycles. The Kier molecular flexibility index (Phi) is 7.97. The van der Waals surface area contributed by atoms with Gasteiger partial charge in [-0.25, -0.2) is 9.18 Å². The molecule has 0 spiro atoms. The Bertz CT molecular complexity index is 842. The van der Waals surface area contributed by atoms with Gasteiger partial charge in [0.15, 0.2) is 0 Å². The first-order chi connectivity index (χ1) is 13.0. The molecule has 2 aromatic carbocycles. The second-order valence-corrected chi connectivity index (χ2v) is 6.24. The van der Waals surface area contributed by atoms with Gasteiger partial charge in [-0.1, -0.05) is 22.0 Å². The summed E-state index contributed by atoms with van der Waals surface area (Å²) in [6, 6.07) is 11.0. The summed E-state index contributed by atoms with van der Waals surface area (Å²) in [5.74, 6) is -0.866. The van der Waals surface area contributed by atoms with Crippen LogP contribution in [0.1, 0.15) is 5.56 Å². The fourth-order valence-corrected chi connectivity index (χ4v) is 2.42. The van der Waals surface area contributed by atoms with Crippen LogP contribution in [-0.4, -0.2) is 32.3 Å². The van der Waals surface area contributed by atoms with Crippen molar-refractivity contribution < 1.29 is 23.5 Å². The van der Waals surface area contributed by atoms with Gasteiger partial charge in [-0.05, 0) is 42.5 Å². The van der Waals surface area contributed by atoms with E-state index in [1.54, 1.807) is 36.4 Å². The van der Waals surface area contributed by atoms with E-state index in [4.69, 9.17) is 9.47 Å². The van der Waals surface area contributed by atoms with Crippen LogP contribution in [0.5, 0.6) is 0 Å². The highest BCUT2D eigenvalue weighted by Crippen LogP contribution is 2.18. The summed E-state index contributed by atoms with van der Waals surface area (Å²) in [6.07, 6.45) is 1.98. The fourth-order valence-electron chi connectivity index (χ4n) is 2.04. The number of carbonyl (C=O) groups excluding carboxylic acids is 2. The first kappa shape index (κ1) is 20.6. The van der Waals surface area contributed by atoms with E-state index in [9.17, 15) is 14.0 Å². The number of ether oxygens (including phenoxy) is 2. The average molecular weight is 437 g/mol. The van der Waals surface area contributed by atoms with Gasteiger partial charge in [-0.15, -0.1) is 0 Å². The molecule has 0 aliphatic carbocycles. The summed E-state index contributed by atoms with van der Waals surface area (Å²) in [7, 11) is 1.51. The minimum Gasteiger partial charge on any atom is -0.447 e. The van der Waals surface area contributed by atoms with Gasteiger partial charge in [0.2, 0.25) is 5.91 Å². The van der Waals surface area contributed by atoms with Crippen molar-refractivity contribution in [1.29, 1.82) is 0 Å². The molecule has 0 bridgehead atoms. The molecule has 0 unspecified atom stereocenters. The molecule has 2 rings (SSSR count). The zero-order chi connectivity index (χ0) is 19.6. The average Bonchev–Trinajstić information content (AvgIpc) is 2.63. The zero-order valence-corrected chi connectivity index (χ0v) is 16.1. The normalized spacial score (nSPS) is 10.6. The predicted molar refractivity (Wildman–Crippen MR) is 105 cm³/mol. The number of carbonyl (C=O) groups is 2. The van der Waals surface area contributed by atoms with Gasteiger partial charge < -0.3 is 14.8 Å². The van der Waals surface area contributed by atoms with Gasteiger partial charge in [-0.2, -0.15) is 0 Å². The first-order valence-corrected chi connectivity index (χ1v) is 8.74. The van der Waals surface area contributed by atoms with E-state index >= 15 is 0 Å². The molecule has 0 saturated heterocycles. The maximum atomic E-state index is 13.7. The smallest absolute Gasteiger partial charge is 0.411 e. The highest BCUT2D eigenvalue weighted by molar-refractivity contribution is 9.10. The van der Waals surface area contributed by atoms with Gasteiger partial charge in [0.25, 0.3) is 0 Å². The van der Waals surface area contributed by atoms with Crippen LogP contribution in [0.3, 0.4) is 0 Å². The summed E-state index contributed by atoms with van der Waals surface area (Å²) >= 11 is 3.25. The van der Waals surface area contributed by atoms with Crippen LogP contribution >= 0.6 is 15.9 Å². The lowest BCUT2D eigenvalue weighted by Gasteiger charge is -2.08. The topological polar surface area (TPSA) is 76.7 Å². The molecular weight excluding hydrogens is 419 g/mol. The Labute approximate surface area is 164 Å². The lowest BCUT2D eigenvalue weighted by atomic mass is 10.2. The Hall–Kier alpha value is -2.71. The van der Waals surface area contributed by atoms with Crippen molar-refractivity contribution in [3.63, 3.8) is 0 Å². The Morgan fingerprint density at radius 1 is 1.11 bits per heavy atom. The molecule has 8 heteroatoms. The zero-order valence-electron chi connectivity index (χ0n) is 14.5. The van der Waals surface area contributed by atoms with E-state index in [0.29, 0.717) is 22.5 Å². The maximum absolute atomic E-state index is 13.7. The van der Waals surface area contributed by atoms with Gasteiger partial charge in [-0.3, -0.25) is 10.1 Å². The lowest BCUT2D eigenvalue weighted by Crippen LogP contribution is -2.16. The monoisotopic (exact) mass is 436 g/mol. The van der Waals surface area contributed by atoms with Crippen molar-refractivity contribution in [2.24, 2.45) is 0 Å². The highest BCUT2D eigenvalue weighted by atomic mass is 79.9. The number of nitrogens with one attached hydrogen (secondary N) is 2. The number of benzene rings is 2. The third-order valence-corrected chi connectivity index (χ3v) is 3.76. The molecule has 0 aromatic heterocycles. The van der Waals surface area contributed by atoms with Gasteiger partial charge in [0, 0.05) is 34.6 Å². The van der Waals surface area contributed by atoms with E-state index in [0.717, 1.165) is 0 Å². The van der Waals surface area contributed by atoms with Crippen LogP contribution in [0.4, 0.5) is 20.6 Å². The summed E-state index contributed by atoms with van der Waals surface area (Å²) in [6.45, 7) is 0.435. The number of halogens is 2. The first-order valence-electron chi connectivity index (χ1n) is 7.95. The van der Waals surface area contributed by atoms with Gasteiger partial charge in [0.05, 0.1) is 6.61 Å². The molecule has 0 aliphatic heterocycles. The molecule has 0 saturated carbocycles. The minimum atomic E-state index is -0.624. The number of rotatable bonds is 7. The van der Waals surface area contributed by atoms with E-state index < -0.39 is 17.8 Å². The Morgan fingerprint density at radius 2 is 1.85 bits per heavy atom. The molecule has 2 N–H and O–H groups in total. The molecule has 0 atom stereocenters. The number of hydrogen-bond acceptors (Lipinski definition) is 4. The molecule has 2 aromatic rings. The maximum Gasteiger partial charge on any atom is 0.411 e. The molecule has 27 heavy (non-hydrogen) atoms. The van der Waals surface area contributed by atoms with Crippen LogP contribution in [0.25, 0.3) is 6.08 Å². The molecular formula is C19H18BrFN2O4. The molecule has 2 amide bonds. The summed E-state index contributed by atoms with van der Waals surface area (Å²) < 4.78 is 24.1. The highest BCUT2D eigenvalue weighted by Gasteiger charge is 2.05. The van der Waals surface area contributed by atoms with Crippen molar-refractivity contribution in [2.45, 2.75) is 0 Å².